The molecular weight excluding hydrogens is 540 g/mol. The molecule has 2 N–H and O–H groups in total. The zero-order chi connectivity index (χ0) is 29.4. The van der Waals surface area contributed by atoms with Crippen molar-refractivity contribution in [3.05, 3.63) is 94.5 Å². The monoisotopic (exact) mass is 573 g/mol. The zero-order valence-corrected chi connectivity index (χ0v) is 23.4. The van der Waals surface area contributed by atoms with Crippen LogP contribution in [0.1, 0.15) is 57.8 Å². The van der Waals surface area contributed by atoms with E-state index in [1.807, 2.05) is 48.5 Å². The maximum Gasteiger partial charge on any atom is 0.337 e. The van der Waals surface area contributed by atoms with E-state index in [9.17, 15) is 23.2 Å². The summed E-state index contributed by atoms with van der Waals surface area (Å²) >= 11 is 0. The predicted molar refractivity (Wildman–Crippen MR) is 153 cm³/mol. The lowest BCUT2D eigenvalue weighted by molar-refractivity contribution is -0.122. The van der Waals surface area contributed by atoms with Crippen LogP contribution in [-0.2, 0) is 29.0 Å². The minimum Gasteiger partial charge on any atom is -0.465 e. The number of fused-ring (bicyclic) bond motifs is 1. The van der Waals surface area contributed by atoms with Crippen molar-refractivity contribution >= 4 is 17.9 Å². The van der Waals surface area contributed by atoms with Crippen molar-refractivity contribution in [2.24, 2.45) is 5.92 Å². The lowest BCUT2D eigenvalue weighted by Gasteiger charge is -2.38. The molecule has 0 unspecified atom stereocenters. The number of nitrogens with one attached hydrogen (secondary N) is 2. The molecule has 42 heavy (non-hydrogen) atoms. The smallest absolute Gasteiger partial charge is 0.337 e. The lowest BCUT2D eigenvalue weighted by atomic mass is 9.87. The molecule has 9 heteroatoms. The fourth-order valence-electron chi connectivity index (χ4n) is 6.18. The maximum absolute atomic E-state index is 13.3. The Balaban J connectivity index is 1.23. The summed E-state index contributed by atoms with van der Waals surface area (Å²) in [6, 6.07) is 20.3. The van der Waals surface area contributed by atoms with Gasteiger partial charge < -0.3 is 20.3 Å². The van der Waals surface area contributed by atoms with Crippen LogP contribution in [0.5, 0.6) is 0 Å². The molecule has 0 spiro atoms. The number of methoxy groups -OCH3 is 1. The molecular formula is C33H33F2N3O4. The second-order valence-corrected chi connectivity index (χ2v) is 11.5. The van der Waals surface area contributed by atoms with Gasteiger partial charge in [-0.05, 0) is 64.3 Å². The number of amides is 3. The minimum atomic E-state index is -2.72. The second-order valence-electron chi connectivity index (χ2n) is 11.5. The molecule has 2 saturated carbocycles. The van der Waals surface area contributed by atoms with Crippen molar-refractivity contribution in [3.8, 4) is 11.1 Å². The predicted octanol–water partition coefficient (Wildman–Crippen LogP) is 5.43. The Hall–Kier alpha value is -4.27. The van der Waals surface area contributed by atoms with Crippen molar-refractivity contribution in [1.29, 1.82) is 0 Å². The van der Waals surface area contributed by atoms with Gasteiger partial charge in [-0.3, -0.25) is 4.79 Å². The standard InChI is InChI=1S/C33H33F2N3O4/c1-42-31(40)22-9-5-8-21(14-22)25-11-10-23(18-36-30(39)28-15-27(28)20-6-3-2-4-7-20)29-19-38(13-12-26(25)29)32(41)37-24-16-33(34,35)17-24/h2-11,14,24,27-28H,12-13,15-19H2,1H3,(H,36,39)(H,37,41)/t27-,28+/m0/s1. The van der Waals surface area contributed by atoms with Crippen LogP contribution in [0.4, 0.5) is 13.6 Å². The molecule has 3 aromatic carbocycles. The normalized spacial score (nSPS) is 20.6. The van der Waals surface area contributed by atoms with Crippen LogP contribution in [0, 0.1) is 5.92 Å². The largest absolute Gasteiger partial charge is 0.465 e. The Morgan fingerprint density at radius 1 is 1.00 bits per heavy atom. The van der Waals surface area contributed by atoms with Crippen molar-refractivity contribution in [2.75, 3.05) is 13.7 Å². The topological polar surface area (TPSA) is 87.7 Å². The van der Waals surface area contributed by atoms with Gasteiger partial charge in [0.2, 0.25) is 5.91 Å². The van der Waals surface area contributed by atoms with E-state index in [-0.39, 0.29) is 43.2 Å². The van der Waals surface area contributed by atoms with E-state index in [0.717, 1.165) is 34.2 Å². The fourth-order valence-corrected chi connectivity index (χ4v) is 6.18. The summed E-state index contributed by atoms with van der Waals surface area (Å²) in [6.07, 6.45) is 0.679. The molecule has 3 amide bonds. The molecule has 3 aliphatic rings. The SMILES string of the molecule is COC(=O)c1cccc(-c2ccc(CNC(=O)[C@@H]3C[C@H]3c3ccccc3)c3c2CCN(C(=O)NC2CC(F)(F)C2)C3)c1. The van der Waals surface area contributed by atoms with E-state index in [1.165, 1.54) is 12.7 Å². The molecule has 3 aromatic rings. The van der Waals surface area contributed by atoms with Gasteiger partial charge in [0.25, 0.3) is 5.92 Å². The Morgan fingerprint density at radius 2 is 1.79 bits per heavy atom. The number of carbonyl (C=O) groups excluding carboxylic acids is 3. The molecule has 7 nitrogen and oxygen atoms in total. The van der Waals surface area contributed by atoms with Crippen LogP contribution in [0.2, 0.25) is 0 Å². The van der Waals surface area contributed by atoms with Crippen molar-refractivity contribution in [2.45, 2.75) is 56.7 Å². The van der Waals surface area contributed by atoms with Crippen molar-refractivity contribution < 1.29 is 27.9 Å². The van der Waals surface area contributed by atoms with E-state index in [1.54, 1.807) is 23.1 Å². The molecule has 218 valence electrons. The van der Waals surface area contributed by atoms with Gasteiger partial charge in [-0.15, -0.1) is 0 Å². The molecule has 2 fully saturated rings. The molecule has 6 rings (SSSR count). The molecule has 0 saturated heterocycles. The zero-order valence-electron chi connectivity index (χ0n) is 23.4. The van der Waals surface area contributed by atoms with Gasteiger partial charge >= 0.3 is 12.0 Å². The number of carbonyl (C=O) groups is 3. The third-order valence-electron chi connectivity index (χ3n) is 8.62. The van der Waals surface area contributed by atoms with Gasteiger partial charge in [-0.25, -0.2) is 18.4 Å². The molecule has 0 radical (unpaired) electrons. The number of halogens is 2. The van der Waals surface area contributed by atoms with E-state index in [4.69, 9.17) is 4.74 Å². The summed E-state index contributed by atoms with van der Waals surface area (Å²) in [6.45, 7) is 1.02. The third kappa shape index (κ3) is 5.73. The summed E-state index contributed by atoms with van der Waals surface area (Å²) in [4.78, 5) is 39.9. The van der Waals surface area contributed by atoms with Crippen LogP contribution in [0.3, 0.4) is 0 Å². The summed E-state index contributed by atoms with van der Waals surface area (Å²) in [5.74, 6) is -2.98. The molecule has 2 atom stereocenters. The Bertz CT molecular complexity index is 1520. The minimum absolute atomic E-state index is 0.00350. The van der Waals surface area contributed by atoms with Gasteiger partial charge in [-0.2, -0.15) is 0 Å². The molecule has 2 aliphatic carbocycles. The molecule has 1 heterocycles. The van der Waals surface area contributed by atoms with Gasteiger partial charge in [0.15, 0.2) is 0 Å². The number of hydrogen-bond acceptors (Lipinski definition) is 4. The first-order chi connectivity index (χ1) is 20.2. The van der Waals surface area contributed by atoms with E-state index in [0.29, 0.717) is 25.1 Å². The van der Waals surface area contributed by atoms with E-state index >= 15 is 0 Å². The van der Waals surface area contributed by atoms with Gasteiger partial charge in [-0.1, -0.05) is 54.6 Å². The number of urea groups is 1. The number of nitrogens with zero attached hydrogens (tertiary/aromatic N) is 1. The number of rotatable bonds is 7. The van der Waals surface area contributed by atoms with Gasteiger partial charge in [0.1, 0.15) is 0 Å². The number of esters is 1. The van der Waals surface area contributed by atoms with Gasteiger partial charge in [0, 0.05) is 44.4 Å². The summed E-state index contributed by atoms with van der Waals surface area (Å²) in [7, 11) is 1.34. The Kier molecular flexibility index (Phi) is 7.43. The average Bonchev–Trinajstić information content (AvgIpc) is 3.80. The highest BCUT2D eigenvalue weighted by Crippen LogP contribution is 2.47. The second kappa shape index (κ2) is 11.2. The highest BCUT2D eigenvalue weighted by atomic mass is 19.3. The summed E-state index contributed by atoms with van der Waals surface area (Å²) < 4.78 is 31.6. The Morgan fingerprint density at radius 3 is 2.52 bits per heavy atom. The van der Waals surface area contributed by atoms with Crippen LogP contribution >= 0.6 is 0 Å². The van der Waals surface area contributed by atoms with Crippen molar-refractivity contribution in [1.82, 2.24) is 15.5 Å². The number of ether oxygens (including phenoxy) is 1. The van der Waals surface area contributed by atoms with E-state index in [2.05, 4.69) is 10.6 Å². The van der Waals surface area contributed by atoms with Crippen LogP contribution < -0.4 is 10.6 Å². The first kappa shape index (κ1) is 27.9. The van der Waals surface area contributed by atoms with Crippen molar-refractivity contribution in [3.63, 3.8) is 0 Å². The molecule has 0 aromatic heterocycles. The lowest BCUT2D eigenvalue weighted by Crippen LogP contribution is -2.54. The Labute approximate surface area is 243 Å². The maximum atomic E-state index is 13.3. The van der Waals surface area contributed by atoms with Crippen LogP contribution in [0.25, 0.3) is 11.1 Å². The van der Waals surface area contributed by atoms with Crippen LogP contribution in [-0.4, -0.2) is 48.4 Å². The first-order valence-corrected chi connectivity index (χ1v) is 14.3. The average molecular weight is 574 g/mol. The summed E-state index contributed by atoms with van der Waals surface area (Å²) in [5.41, 5.74) is 6.25. The van der Waals surface area contributed by atoms with Gasteiger partial charge in [0.05, 0.1) is 12.7 Å². The highest BCUT2D eigenvalue weighted by Gasteiger charge is 2.46. The number of hydrogen-bond donors (Lipinski definition) is 2. The van der Waals surface area contributed by atoms with Crippen LogP contribution in [0.15, 0.2) is 66.7 Å². The number of benzene rings is 3. The quantitative estimate of drug-likeness (QED) is 0.370. The molecule has 1 aliphatic heterocycles. The fraction of sp³-hybridized carbons (Fsp3) is 0.364. The molecule has 0 bridgehead atoms. The summed E-state index contributed by atoms with van der Waals surface area (Å²) in [5, 5.41) is 5.85. The first-order valence-electron chi connectivity index (χ1n) is 14.3. The number of alkyl halides is 2. The highest BCUT2D eigenvalue weighted by molar-refractivity contribution is 5.91. The third-order valence-corrected chi connectivity index (χ3v) is 8.62. The van der Waals surface area contributed by atoms with E-state index < -0.39 is 17.9 Å².